The second-order valence-electron chi connectivity index (χ2n) is 6.41. The first-order chi connectivity index (χ1) is 11.7. The summed E-state index contributed by atoms with van der Waals surface area (Å²) in [5, 5.41) is 3.62. The molecule has 2 heterocycles. The molecule has 1 aromatic rings. The van der Waals surface area contributed by atoms with E-state index >= 15 is 0 Å². The van der Waals surface area contributed by atoms with Crippen molar-refractivity contribution in [3.05, 3.63) is 35.5 Å². The highest BCUT2D eigenvalue weighted by molar-refractivity contribution is 8.14. The van der Waals surface area contributed by atoms with Crippen molar-refractivity contribution >= 4 is 38.4 Å². The smallest absolute Gasteiger partial charge is 0.274 e. The van der Waals surface area contributed by atoms with Crippen LogP contribution in [0.1, 0.15) is 26.3 Å². The molecule has 1 aromatic carbocycles. The van der Waals surface area contributed by atoms with Crippen molar-refractivity contribution in [2.24, 2.45) is 10.9 Å². The van der Waals surface area contributed by atoms with Gasteiger partial charge in [-0.3, -0.25) is 19.4 Å². The molecule has 8 heteroatoms. The van der Waals surface area contributed by atoms with Gasteiger partial charge in [0.05, 0.1) is 11.4 Å². The number of rotatable bonds is 2. The quantitative estimate of drug-likeness (QED) is 0.855. The third-order valence-corrected chi connectivity index (χ3v) is 7.02. The van der Waals surface area contributed by atoms with Gasteiger partial charge in [0.15, 0.2) is 5.17 Å². The molecule has 0 bridgehead atoms. The maximum absolute atomic E-state index is 12.9. The minimum atomic E-state index is -3.76. The molecular weight excluding hydrogens is 358 g/mol. The maximum atomic E-state index is 12.9. The predicted molar refractivity (Wildman–Crippen MR) is 101 cm³/mol. The monoisotopic (exact) mass is 379 g/mol. The molecule has 1 N–H and O–H groups in total. The number of thioether (sulfide) groups is 1. The Kier molecular flexibility index (Phi) is 4.68. The van der Waals surface area contributed by atoms with Gasteiger partial charge in [-0.15, -0.1) is 0 Å². The third-order valence-electron chi connectivity index (χ3n) is 4.20. The number of nitrogens with zero attached hydrogens (tertiary/aromatic N) is 2. The summed E-state index contributed by atoms with van der Waals surface area (Å²) < 4.78 is 26.8. The Labute approximate surface area is 152 Å². The number of sulfonamides is 1. The highest BCUT2D eigenvalue weighted by Gasteiger charge is 2.38. The van der Waals surface area contributed by atoms with Gasteiger partial charge in [0, 0.05) is 17.9 Å². The first-order valence-corrected chi connectivity index (χ1v) is 10.4. The number of allylic oxidation sites excluding steroid dienone is 1. The molecule has 134 valence electrons. The van der Waals surface area contributed by atoms with Crippen LogP contribution in [-0.4, -0.2) is 42.6 Å². The molecule has 0 fully saturated rings. The first kappa shape index (κ1) is 18.0. The summed E-state index contributed by atoms with van der Waals surface area (Å²) in [5.74, 6) is -0.457. The van der Waals surface area contributed by atoms with Crippen LogP contribution in [0.2, 0.25) is 0 Å². The average molecular weight is 380 g/mol. The Morgan fingerprint density at radius 2 is 2.04 bits per heavy atom. The highest BCUT2D eigenvalue weighted by atomic mass is 32.2. The first-order valence-electron chi connectivity index (χ1n) is 8.08. The van der Waals surface area contributed by atoms with Crippen molar-refractivity contribution in [2.45, 2.75) is 30.9 Å². The zero-order valence-electron chi connectivity index (χ0n) is 14.6. The van der Waals surface area contributed by atoms with Crippen LogP contribution in [0, 0.1) is 5.92 Å². The highest BCUT2D eigenvalue weighted by Crippen LogP contribution is 2.39. The lowest BCUT2D eigenvalue weighted by Crippen LogP contribution is -2.41. The van der Waals surface area contributed by atoms with Gasteiger partial charge in [0.1, 0.15) is 5.70 Å². The summed E-state index contributed by atoms with van der Waals surface area (Å²) >= 11 is 1.48. The minimum Gasteiger partial charge on any atom is -0.300 e. The fraction of sp³-hybridized carbons (Fsp3) is 0.412. The summed E-state index contributed by atoms with van der Waals surface area (Å²) in [6, 6.07) is 6.82. The zero-order chi connectivity index (χ0) is 18.4. The Morgan fingerprint density at radius 3 is 2.64 bits per heavy atom. The van der Waals surface area contributed by atoms with E-state index in [0.717, 1.165) is 9.88 Å². The second-order valence-corrected chi connectivity index (χ2v) is 9.78. The lowest BCUT2D eigenvalue weighted by molar-refractivity contribution is -0.117. The van der Waals surface area contributed by atoms with E-state index in [4.69, 9.17) is 0 Å². The SMILES string of the molecule is CC1CN=C(NC(=O)C2=C(C(C)C)c3ccccc3S(=O)(=O)N2C)S1. The molecule has 2 aliphatic heterocycles. The van der Waals surface area contributed by atoms with Gasteiger partial charge in [-0.1, -0.05) is 50.7 Å². The molecule has 1 atom stereocenters. The summed E-state index contributed by atoms with van der Waals surface area (Å²) in [4.78, 5) is 17.4. The summed E-state index contributed by atoms with van der Waals surface area (Å²) in [5.41, 5.74) is 1.48. The minimum absolute atomic E-state index is 0.0167. The number of likely N-dealkylation sites (N-methyl/N-ethyl adjacent to an activating group) is 1. The van der Waals surface area contributed by atoms with Crippen LogP contribution in [-0.2, 0) is 14.8 Å². The summed E-state index contributed by atoms with van der Waals surface area (Å²) in [6.07, 6.45) is 0. The molecule has 0 saturated heterocycles. The Hall–Kier alpha value is -1.80. The molecule has 1 amide bonds. The number of fused-ring (bicyclic) bond motifs is 1. The van der Waals surface area contributed by atoms with Gasteiger partial charge >= 0.3 is 0 Å². The van der Waals surface area contributed by atoms with Crippen LogP contribution >= 0.6 is 11.8 Å². The van der Waals surface area contributed by atoms with Crippen LogP contribution < -0.4 is 5.32 Å². The molecule has 3 rings (SSSR count). The van der Waals surface area contributed by atoms with Crippen LogP contribution in [0.15, 0.2) is 39.9 Å². The Bertz CT molecular complexity index is 888. The van der Waals surface area contributed by atoms with Crippen molar-refractivity contribution in [2.75, 3.05) is 13.6 Å². The number of amides is 1. The van der Waals surface area contributed by atoms with E-state index < -0.39 is 15.9 Å². The van der Waals surface area contributed by atoms with Crippen LogP contribution in [0.25, 0.3) is 5.57 Å². The fourth-order valence-corrected chi connectivity index (χ4v) is 5.28. The molecule has 0 saturated carbocycles. The lowest BCUT2D eigenvalue weighted by Gasteiger charge is -2.32. The number of amidine groups is 1. The molecule has 1 unspecified atom stereocenters. The molecular formula is C17H21N3O3S2. The third kappa shape index (κ3) is 3.08. The van der Waals surface area contributed by atoms with Crippen LogP contribution in [0.5, 0.6) is 0 Å². The van der Waals surface area contributed by atoms with Crippen molar-refractivity contribution in [1.82, 2.24) is 9.62 Å². The van der Waals surface area contributed by atoms with Gasteiger partial charge in [-0.05, 0) is 17.6 Å². The van der Waals surface area contributed by atoms with E-state index in [9.17, 15) is 13.2 Å². The van der Waals surface area contributed by atoms with E-state index in [1.165, 1.54) is 18.8 Å². The van der Waals surface area contributed by atoms with Crippen molar-refractivity contribution in [1.29, 1.82) is 0 Å². The van der Waals surface area contributed by atoms with Gasteiger partial charge in [-0.25, -0.2) is 8.42 Å². The maximum Gasteiger partial charge on any atom is 0.274 e. The average Bonchev–Trinajstić information content (AvgIpc) is 2.95. The topological polar surface area (TPSA) is 78.8 Å². The van der Waals surface area contributed by atoms with E-state index in [0.29, 0.717) is 22.5 Å². The van der Waals surface area contributed by atoms with E-state index in [-0.39, 0.29) is 16.5 Å². The van der Waals surface area contributed by atoms with Crippen molar-refractivity contribution in [3.63, 3.8) is 0 Å². The number of hydrogen-bond donors (Lipinski definition) is 1. The Morgan fingerprint density at radius 1 is 1.36 bits per heavy atom. The van der Waals surface area contributed by atoms with Gasteiger partial charge in [0.25, 0.3) is 15.9 Å². The number of nitrogens with one attached hydrogen (secondary N) is 1. The van der Waals surface area contributed by atoms with E-state index in [1.807, 2.05) is 20.8 Å². The summed E-state index contributed by atoms with van der Waals surface area (Å²) in [6.45, 7) is 6.58. The standard InChI is InChI=1S/C17H21N3O3S2/c1-10(2)14-12-7-5-6-8-13(12)25(22,23)20(4)15(14)16(21)19-17-18-9-11(3)24-17/h5-8,10-11H,9H2,1-4H3,(H,18,19,21). The predicted octanol–water partition coefficient (Wildman–Crippen LogP) is 2.30. The van der Waals surface area contributed by atoms with Gasteiger partial charge in [-0.2, -0.15) is 0 Å². The number of hydrogen-bond acceptors (Lipinski definition) is 5. The molecule has 6 nitrogen and oxygen atoms in total. The van der Waals surface area contributed by atoms with Crippen LogP contribution in [0.4, 0.5) is 0 Å². The van der Waals surface area contributed by atoms with Crippen LogP contribution in [0.3, 0.4) is 0 Å². The fourth-order valence-electron chi connectivity index (χ4n) is 3.03. The largest absolute Gasteiger partial charge is 0.300 e. The lowest BCUT2D eigenvalue weighted by atomic mass is 9.92. The Balaban J connectivity index is 2.12. The molecule has 2 aliphatic rings. The van der Waals surface area contributed by atoms with E-state index in [2.05, 4.69) is 10.3 Å². The number of carbonyl (C=O) groups excluding carboxylic acids is 1. The zero-order valence-corrected chi connectivity index (χ0v) is 16.2. The molecule has 0 aliphatic carbocycles. The van der Waals surface area contributed by atoms with Gasteiger partial charge < -0.3 is 0 Å². The van der Waals surface area contributed by atoms with Gasteiger partial charge in [0.2, 0.25) is 0 Å². The summed E-state index contributed by atoms with van der Waals surface area (Å²) in [7, 11) is -2.33. The number of carbonyl (C=O) groups is 1. The number of benzene rings is 1. The molecule has 0 aromatic heterocycles. The number of aliphatic imine (C=N–C) groups is 1. The van der Waals surface area contributed by atoms with Crippen molar-refractivity contribution in [3.8, 4) is 0 Å². The normalized spacial score (nSPS) is 22.0. The molecule has 25 heavy (non-hydrogen) atoms. The molecule has 0 spiro atoms. The van der Waals surface area contributed by atoms with Crippen molar-refractivity contribution < 1.29 is 13.2 Å². The second kappa shape index (κ2) is 6.49. The van der Waals surface area contributed by atoms with E-state index in [1.54, 1.807) is 24.3 Å². The molecule has 0 radical (unpaired) electrons.